The molecule has 0 radical (unpaired) electrons. The SMILES string of the molecule is CC1=NC(SCC(=O)C(F)(F)F)=NC(C)(C)C1. The zero-order valence-electron chi connectivity index (χ0n) is 9.76. The molecule has 0 N–H and O–H groups in total. The van der Waals surface area contributed by atoms with Crippen LogP contribution in [-0.2, 0) is 4.79 Å². The molecule has 0 fully saturated rings. The Labute approximate surface area is 102 Å². The Hall–Kier alpha value is -0.850. The van der Waals surface area contributed by atoms with Gasteiger partial charge in [0.2, 0.25) is 5.78 Å². The van der Waals surface area contributed by atoms with Gasteiger partial charge in [0.15, 0.2) is 5.17 Å². The Morgan fingerprint density at radius 3 is 2.53 bits per heavy atom. The van der Waals surface area contributed by atoms with E-state index >= 15 is 0 Å². The molecule has 3 nitrogen and oxygen atoms in total. The van der Waals surface area contributed by atoms with Gasteiger partial charge in [-0.15, -0.1) is 0 Å². The highest BCUT2D eigenvalue weighted by molar-refractivity contribution is 8.14. The van der Waals surface area contributed by atoms with Crippen LogP contribution in [0.1, 0.15) is 27.2 Å². The normalized spacial score (nSPS) is 19.6. The summed E-state index contributed by atoms with van der Waals surface area (Å²) in [5.74, 6) is -2.43. The minimum Gasteiger partial charge on any atom is -0.289 e. The van der Waals surface area contributed by atoms with Gasteiger partial charge in [-0.2, -0.15) is 13.2 Å². The lowest BCUT2D eigenvalue weighted by Crippen LogP contribution is -2.28. The van der Waals surface area contributed by atoms with Crippen LogP contribution < -0.4 is 0 Å². The summed E-state index contributed by atoms with van der Waals surface area (Å²) >= 11 is 0.731. The van der Waals surface area contributed by atoms with E-state index in [1.807, 2.05) is 13.8 Å². The molecule has 17 heavy (non-hydrogen) atoms. The smallest absolute Gasteiger partial charge is 0.289 e. The van der Waals surface area contributed by atoms with Crippen molar-refractivity contribution in [2.45, 2.75) is 38.9 Å². The molecule has 0 aromatic carbocycles. The van der Waals surface area contributed by atoms with Crippen LogP contribution in [-0.4, -0.2) is 34.1 Å². The molecule has 0 aromatic heterocycles. The lowest BCUT2D eigenvalue weighted by molar-refractivity contribution is -0.167. The van der Waals surface area contributed by atoms with E-state index in [1.54, 1.807) is 6.92 Å². The number of amidine groups is 1. The number of Topliss-reactive ketones (excluding diaryl/α,β-unsaturated/α-hetero) is 1. The molecular formula is C10H13F3N2OS. The number of rotatable bonds is 2. The van der Waals surface area contributed by atoms with E-state index in [-0.39, 0.29) is 10.7 Å². The summed E-state index contributed by atoms with van der Waals surface area (Å²) in [5.41, 5.74) is 0.446. The molecule has 0 aliphatic carbocycles. The highest BCUT2D eigenvalue weighted by Crippen LogP contribution is 2.25. The third kappa shape index (κ3) is 4.49. The van der Waals surface area contributed by atoms with Crippen molar-refractivity contribution in [3.8, 4) is 0 Å². The lowest BCUT2D eigenvalue weighted by atomic mass is 9.98. The number of halogens is 3. The molecule has 0 saturated carbocycles. The Morgan fingerprint density at radius 1 is 1.47 bits per heavy atom. The van der Waals surface area contributed by atoms with Gasteiger partial charge in [0, 0.05) is 12.1 Å². The molecule has 0 bridgehead atoms. The van der Waals surface area contributed by atoms with Crippen molar-refractivity contribution in [2.24, 2.45) is 9.98 Å². The van der Waals surface area contributed by atoms with Crippen molar-refractivity contribution in [2.75, 3.05) is 5.75 Å². The van der Waals surface area contributed by atoms with E-state index in [0.29, 0.717) is 6.42 Å². The molecule has 96 valence electrons. The number of ketones is 1. The molecule has 0 unspecified atom stereocenters. The van der Waals surface area contributed by atoms with Crippen molar-refractivity contribution in [3.63, 3.8) is 0 Å². The summed E-state index contributed by atoms with van der Waals surface area (Å²) in [6.07, 6.45) is -4.11. The Kier molecular flexibility index (Phi) is 4.01. The van der Waals surface area contributed by atoms with Crippen LogP contribution in [0.25, 0.3) is 0 Å². The molecule has 0 saturated heterocycles. The second-order valence-corrected chi connectivity index (χ2v) is 5.38. The molecule has 1 heterocycles. The van der Waals surface area contributed by atoms with Gasteiger partial charge in [-0.3, -0.25) is 9.79 Å². The summed E-state index contributed by atoms with van der Waals surface area (Å²) in [7, 11) is 0. The minimum atomic E-state index is -4.78. The van der Waals surface area contributed by atoms with E-state index in [2.05, 4.69) is 9.98 Å². The van der Waals surface area contributed by atoms with E-state index < -0.39 is 17.7 Å². The van der Waals surface area contributed by atoms with Crippen LogP contribution in [0.4, 0.5) is 13.2 Å². The largest absolute Gasteiger partial charge is 0.450 e. The fourth-order valence-corrected chi connectivity index (χ4v) is 2.38. The van der Waals surface area contributed by atoms with Gasteiger partial charge in [0.05, 0.1) is 11.3 Å². The summed E-state index contributed by atoms with van der Waals surface area (Å²) in [6.45, 7) is 5.54. The third-order valence-electron chi connectivity index (χ3n) is 2.02. The van der Waals surface area contributed by atoms with Gasteiger partial charge in [-0.1, -0.05) is 11.8 Å². The van der Waals surface area contributed by atoms with Gasteiger partial charge in [0.1, 0.15) is 0 Å². The number of carbonyl (C=O) groups is 1. The van der Waals surface area contributed by atoms with Gasteiger partial charge in [-0.05, 0) is 20.8 Å². The number of thioether (sulfide) groups is 1. The van der Waals surface area contributed by atoms with Crippen LogP contribution in [0, 0.1) is 0 Å². The average molecular weight is 266 g/mol. The van der Waals surface area contributed by atoms with E-state index in [4.69, 9.17) is 0 Å². The van der Waals surface area contributed by atoms with Crippen LogP contribution >= 0.6 is 11.8 Å². The molecule has 0 amide bonds. The Balaban J connectivity index is 2.64. The number of hydrogen-bond acceptors (Lipinski definition) is 4. The third-order valence-corrected chi connectivity index (χ3v) is 2.87. The van der Waals surface area contributed by atoms with Gasteiger partial charge < -0.3 is 0 Å². The zero-order chi connectivity index (χ0) is 13.3. The Morgan fingerprint density at radius 2 is 2.06 bits per heavy atom. The number of nitrogens with zero attached hydrogens (tertiary/aromatic N) is 2. The van der Waals surface area contributed by atoms with Crippen molar-refractivity contribution in [3.05, 3.63) is 0 Å². The summed E-state index contributed by atoms with van der Waals surface area (Å²) < 4.78 is 36.0. The van der Waals surface area contributed by atoms with Gasteiger partial charge in [-0.25, -0.2) is 4.99 Å². The highest BCUT2D eigenvalue weighted by Gasteiger charge is 2.38. The first kappa shape index (κ1) is 14.2. The molecular weight excluding hydrogens is 253 g/mol. The molecule has 0 aromatic rings. The average Bonchev–Trinajstić information content (AvgIpc) is 2.09. The summed E-state index contributed by atoms with van der Waals surface area (Å²) in [5, 5.41) is 0.247. The molecule has 1 aliphatic rings. The molecule has 1 rings (SSSR count). The first-order chi connectivity index (χ1) is 7.60. The fraction of sp³-hybridized carbons (Fsp3) is 0.700. The standard InChI is InChI=1S/C10H13F3N2OS/c1-6-4-9(2,3)15-8(14-6)17-5-7(16)10(11,12)13/h4-5H2,1-3H3. The van der Waals surface area contributed by atoms with Crippen LogP contribution in [0.5, 0.6) is 0 Å². The quantitative estimate of drug-likeness (QED) is 0.771. The van der Waals surface area contributed by atoms with Crippen molar-refractivity contribution >= 4 is 28.4 Å². The minimum absolute atomic E-state index is 0.247. The molecule has 0 spiro atoms. The van der Waals surface area contributed by atoms with Crippen molar-refractivity contribution in [1.29, 1.82) is 0 Å². The summed E-state index contributed by atoms with van der Waals surface area (Å²) in [6, 6.07) is 0. The number of alkyl halides is 3. The number of hydrogen-bond donors (Lipinski definition) is 0. The first-order valence-corrected chi connectivity index (χ1v) is 5.95. The monoisotopic (exact) mass is 266 g/mol. The number of aliphatic imine (C=N–C) groups is 2. The highest BCUT2D eigenvalue weighted by atomic mass is 32.2. The summed E-state index contributed by atoms with van der Waals surface area (Å²) in [4.78, 5) is 18.9. The van der Waals surface area contributed by atoms with E-state index in [1.165, 1.54) is 0 Å². The fourth-order valence-electron chi connectivity index (χ4n) is 1.43. The molecule has 7 heteroatoms. The van der Waals surface area contributed by atoms with E-state index in [9.17, 15) is 18.0 Å². The van der Waals surface area contributed by atoms with Gasteiger partial charge >= 0.3 is 6.18 Å². The van der Waals surface area contributed by atoms with Crippen molar-refractivity contribution in [1.82, 2.24) is 0 Å². The maximum absolute atomic E-state index is 12.0. The van der Waals surface area contributed by atoms with Gasteiger partial charge in [0.25, 0.3) is 0 Å². The topological polar surface area (TPSA) is 41.8 Å². The van der Waals surface area contributed by atoms with Crippen molar-refractivity contribution < 1.29 is 18.0 Å². The van der Waals surface area contributed by atoms with E-state index in [0.717, 1.165) is 17.5 Å². The first-order valence-electron chi connectivity index (χ1n) is 4.97. The predicted octanol–water partition coefficient (Wildman–Crippen LogP) is 2.85. The van der Waals surface area contributed by atoms with Crippen LogP contribution in [0.2, 0.25) is 0 Å². The zero-order valence-corrected chi connectivity index (χ0v) is 10.6. The Bertz CT molecular complexity index is 386. The van der Waals surface area contributed by atoms with Crippen LogP contribution in [0.3, 0.4) is 0 Å². The maximum Gasteiger partial charge on any atom is 0.450 e. The predicted molar refractivity (Wildman–Crippen MR) is 62.8 cm³/mol. The molecule has 1 aliphatic heterocycles. The van der Waals surface area contributed by atoms with Crippen LogP contribution in [0.15, 0.2) is 9.98 Å². The second kappa shape index (κ2) is 4.80. The number of carbonyl (C=O) groups excluding carboxylic acids is 1. The lowest BCUT2D eigenvalue weighted by Gasteiger charge is -2.24. The molecule has 0 atom stereocenters. The second-order valence-electron chi connectivity index (χ2n) is 4.44. The maximum atomic E-state index is 12.0.